The predicted molar refractivity (Wildman–Crippen MR) is 64.6 cm³/mol. The maximum atomic E-state index is 5.87. The van der Waals surface area contributed by atoms with E-state index in [2.05, 4.69) is 28.9 Å². The van der Waals surface area contributed by atoms with Gasteiger partial charge < -0.3 is 4.90 Å². The zero-order chi connectivity index (χ0) is 10.8. The Hall–Kier alpha value is -0.760. The molecule has 0 aliphatic heterocycles. The lowest BCUT2D eigenvalue weighted by Gasteiger charge is -2.22. The van der Waals surface area contributed by atoms with Gasteiger partial charge in [-0.3, -0.25) is 0 Å². The molecular weight excluding hydrogens is 208 g/mol. The van der Waals surface area contributed by atoms with Crippen LogP contribution in [-0.4, -0.2) is 17.6 Å². The third kappa shape index (κ3) is 2.43. The van der Waals surface area contributed by atoms with Crippen molar-refractivity contribution in [2.75, 3.05) is 11.4 Å². The summed E-state index contributed by atoms with van der Waals surface area (Å²) in [4.78, 5) is 6.96. The highest BCUT2D eigenvalue weighted by Crippen LogP contribution is 2.31. The number of aryl methyl sites for hydroxylation is 1. The van der Waals surface area contributed by atoms with E-state index in [1.807, 2.05) is 6.92 Å². The van der Waals surface area contributed by atoms with Crippen LogP contribution in [0.2, 0.25) is 0 Å². The summed E-state index contributed by atoms with van der Waals surface area (Å²) >= 11 is 5.87. The van der Waals surface area contributed by atoms with Crippen LogP contribution in [0.25, 0.3) is 0 Å². The number of aromatic nitrogens is 1. The van der Waals surface area contributed by atoms with E-state index in [9.17, 15) is 0 Å². The summed E-state index contributed by atoms with van der Waals surface area (Å²) in [6.07, 6.45) is 2.61. The molecule has 1 aliphatic carbocycles. The summed E-state index contributed by atoms with van der Waals surface area (Å²) in [5.41, 5.74) is 2.22. The van der Waals surface area contributed by atoms with Crippen LogP contribution in [0.3, 0.4) is 0 Å². The highest BCUT2D eigenvalue weighted by atomic mass is 35.5. The maximum absolute atomic E-state index is 5.87. The van der Waals surface area contributed by atoms with Crippen LogP contribution in [0.4, 0.5) is 5.82 Å². The second-order valence-electron chi connectivity index (χ2n) is 4.13. The zero-order valence-electron chi connectivity index (χ0n) is 9.33. The third-order valence-corrected chi connectivity index (χ3v) is 3.09. The average Bonchev–Trinajstić information content (AvgIpc) is 3.02. The van der Waals surface area contributed by atoms with Gasteiger partial charge in [0.05, 0.1) is 0 Å². The fourth-order valence-corrected chi connectivity index (χ4v) is 2.09. The van der Waals surface area contributed by atoms with E-state index in [0.717, 1.165) is 18.1 Å². The van der Waals surface area contributed by atoms with Crippen LogP contribution in [0.5, 0.6) is 0 Å². The number of hydrogen-bond acceptors (Lipinski definition) is 2. The monoisotopic (exact) mass is 224 g/mol. The minimum Gasteiger partial charge on any atom is -0.354 e. The molecular formula is C12H17ClN2. The lowest BCUT2D eigenvalue weighted by atomic mass is 10.2. The van der Waals surface area contributed by atoms with Crippen molar-refractivity contribution in [3.05, 3.63) is 23.4 Å². The molecule has 1 heterocycles. The summed E-state index contributed by atoms with van der Waals surface area (Å²) in [5.74, 6) is 1.66. The van der Waals surface area contributed by atoms with E-state index < -0.39 is 0 Å². The third-order valence-electron chi connectivity index (χ3n) is 2.78. The van der Waals surface area contributed by atoms with E-state index in [1.165, 1.54) is 18.4 Å². The molecule has 0 unspecified atom stereocenters. The molecule has 1 aromatic rings. The second kappa shape index (κ2) is 4.40. The number of anilines is 1. The van der Waals surface area contributed by atoms with Gasteiger partial charge in [-0.2, -0.15) is 0 Å². The van der Waals surface area contributed by atoms with Crippen molar-refractivity contribution in [2.24, 2.45) is 0 Å². The molecule has 1 aromatic heterocycles. The first kappa shape index (κ1) is 10.7. The second-order valence-corrected chi connectivity index (χ2v) is 4.39. The molecule has 0 spiro atoms. The molecule has 2 nitrogen and oxygen atoms in total. The van der Waals surface area contributed by atoms with Gasteiger partial charge in [0.2, 0.25) is 0 Å². The summed E-state index contributed by atoms with van der Waals surface area (Å²) < 4.78 is 0. The van der Waals surface area contributed by atoms with E-state index >= 15 is 0 Å². The summed E-state index contributed by atoms with van der Waals surface area (Å²) in [6, 6.07) is 4.88. The molecule has 0 amide bonds. The van der Waals surface area contributed by atoms with E-state index in [1.54, 1.807) is 0 Å². The molecule has 2 rings (SSSR count). The van der Waals surface area contributed by atoms with Gasteiger partial charge in [0, 0.05) is 24.2 Å². The van der Waals surface area contributed by atoms with Crippen molar-refractivity contribution >= 4 is 17.4 Å². The van der Waals surface area contributed by atoms with E-state index in [0.29, 0.717) is 11.9 Å². The Morgan fingerprint density at radius 2 is 2.20 bits per heavy atom. The predicted octanol–water partition coefficient (Wildman–Crippen LogP) is 3.12. The molecule has 0 saturated heterocycles. The van der Waals surface area contributed by atoms with Crippen molar-refractivity contribution in [1.82, 2.24) is 4.98 Å². The highest BCUT2D eigenvalue weighted by Gasteiger charge is 2.28. The van der Waals surface area contributed by atoms with E-state index in [4.69, 9.17) is 11.6 Å². The van der Waals surface area contributed by atoms with Gasteiger partial charge in [-0.1, -0.05) is 0 Å². The lowest BCUT2D eigenvalue weighted by molar-refractivity contribution is 0.804. The van der Waals surface area contributed by atoms with E-state index in [-0.39, 0.29) is 0 Å². The van der Waals surface area contributed by atoms with Crippen LogP contribution in [-0.2, 0) is 5.88 Å². The Morgan fingerprint density at radius 1 is 1.47 bits per heavy atom. The first-order valence-electron chi connectivity index (χ1n) is 5.54. The number of hydrogen-bond donors (Lipinski definition) is 0. The molecule has 0 radical (unpaired) electrons. The lowest BCUT2D eigenvalue weighted by Crippen LogP contribution is -2.26. The number of rotatable bonds is 4. The van der Waals surface area contributed by atoms with Crippen LogP contribution in [0.1, 0.15) is 31.0 Å². The minimum atomic E-state index is 0.568. The molecule has 1 aliphatic rings. The summed E-state index contributed by atoms with van der Waals surface area (Å²) in [6.45, 7) is 5.24. The van der Waals surface area contributed by atoms with Crippen molar-refractivity contribution in [2.45, 2.75) is 38.6 Å². The van der Waals surface area contributed by atoms with Gasteiger partial charge >= 0.3 is 0 Å². The van der Waals surface area contributed by atoms with Crippen molar-refractivity contribution in [3.63, 3.8) is 0 Å². The Bertz CT molecular complexity index is 347. The molecule has 1 saturated carbocycles. The fourth-order valence-electron chi connectivity index (χ4n) is 1.94. The van der Waals surface area contributed by atoms with Gasteiger partial charge in [0.1, 0.15) is 5.82 Å². The van der Waals surface area contributed by atoms with Crippen molar-refractivity contribution < 1.29 is 0 Å². The quantitative estimate of drug-likeness (QED) is 0.731. The zero-order valence-corrected chi connectivity index (χ0v) is 10.1. The minimum absolute atomic E-state index is 0.568. The molecule has 3 heteroatoms. The topological polar surface area (TPSA) is 16.1 Å². The molecule has 0 aromatic carbocycles. The molecule has 15 heavy (non-hydrogen) atoms. The first-order valence-corrected chi connectivity index (χ1v) is 6.08. The Balaban J connectivity index is 2.28. The summed E-state index contributed by atoms with van der Waals surface area (Å²) in [7, 11) is 0. The average molecular weight is 225 g/mol. The van der Waals surface area contributed by atoms with Crippen LogP contribution in [0, 0.1) is 6.92 Å². The molecule has 0 atom stereocenters. The normalized spacial score (nSPS) is 15.4. The SMILES string of the molecule is CCN(c1cc(CCl)cc(C)n1)C1CC1. The molecule has 82 valence electrons. The number of alkyl halides is 1. The van der Waals surface area contributed by atoms with Crippen molar-refractivity contribution in [3.8, 4) is 0 Å². The Kier molecular flexibility index (Phi) is 3.15. The fraction of sp³-hybridized carbons (Fsp3) is 0.583. The van der Waals surface area contributed by atoms with Crippen LogP contribution < -0.4 is 4.90 Å². The maximum Gasteiger partial charge on any atom is 0.129 e. The first-order chi connectivity index (χ1) is 7.24. The largest absolute Gasteiger partial charge is 0.354 e. The van der Waals surface area contributed by atoms with Gasteiger partial charge in [-0.25, -0.2) is 4.98 Å². The van der Waals surface area contributed by atoms with Gasteiger partial charge in [-0.05, 0) is 44.4 Å². The number of nitrogens with zero attached hydrogens (tertiary/aromatic N) is 2. The number of halogens is 1. The highest BCUT2D eigenvalue weighted by molar-refractivity contribution is 6.17. The van der Waals surface area contributed by atoms with Gasteiger partial charge in [-0.15, -0.1) is 11.6 Å². The smallest absolute Gasteiger partial charge is 0.129 e. The van der Waals surface area contributed by atoms with Crippen molar-refractivity contribution in [1.29, 1.82) is 0 Å². The van der Waals surface area contributed by atoms with Gasteiger partial charge in [0.25, 0.3) is 0 Å². The standard InChI is InChI=1S/C12H17ClN2/c1-3-15(11-4-5-11)12-7-10(8-13)6-9(2)14-12/h6-7,11H,3-5,8H2,1-2H3. The molecule has 0 N–H and O–H groups in total. The van der Waals surface area contributed by atoms with Gasteiger partial charge in [0.15, 0.2) is 0 Å². The Labute approximate surface area is 96.3 Å². The van der Waals surface area contributed by atoms with Crippen LogP contribution >= 0.6 is 11.6 Å². The molecule has 0 bridgehead atoms. The Morgan fingerprint density at radius 3 is 2.73 bits per heavy atom. The summed E-state index contributed by atoms with van der Waals surface area (Å²) in [5, 5.41) is 0. The number of pyridine rings is 1. The van der Waals surface area contributed by atoms with Crippen LogP contribution in [0.15, 0.2) is 12.1 Å². The molecule has 1 fully saturated rings.